The number of para-hydroxylation sites is 1. The van der Waals surface area contributed by atoms with Gasteiger partial charge in [0.15, 0.2) is 5.96 Å². The smallest absolute Gasteiger partial charge is 0.193 e. The van der Waals surface area contributed by atoms with Gasteiger partial charge in [0.1, 0.15) is 0 Å². The Bertz CT molecular complexity index is 365. The number of nitrogens with two attached hydrogens (primary N) is 1. The molecule has 0 saturated carbocycles. The van der Waals surface area contributed by atoms with E-state index in [9.17, 15) is 4.21 Å². The molecule has 0 aliphatic carbocycles. The fourth-order valence-electron chi connectivity index (χ4n) is 1.18. The molecule has 0 heterocycles. The molecular weight excluding hydrogens is 222 g/mol. The lowest BCUT2D eigenvalue weighted by Gasteiger charge is -2.04. The summed E-state index contributed by atoms with van der Waals surface area (Å²) in [6, 6.07) is 9.63. The van der Waals surface area contributed by atoms with Crippen LogP contribution in [0.25, 0.3) is 0 Å². The molecule has 1 atom stereocenters. The molecule has 0 aromatic heterocycles. The first-order valence-electron chi connectivity index (χ1n) is 5.10. The second kappa shape index (κ2) is 7.00. The van der Waals surface area contributed by atoms with Crippen LogP contribution in [0.1, 0.15) is 6.42 Å². The maximum absolute atomic E-state index is 10.8. The van der Waals surface area contributed by atoms with Crippen LogP contribution in [0.5, 0.6) is 0 Å². The lowest BCUT2D eigenvalue weighted by molar-refractivity contribution is 0.684. The maximum Gasteiger partial charge on any atom is 0.193 e. The van der Waals surface area contributed by atoms with Gasteiger partial charge < -0.3 is 11.1 Å². The van der Waals surface area contributed by atoms with E-state index in [-0.39, 0.29) is 0 Å². The molecule has 0 spiro atoms. The normalized spacial score (nSPS) is 13.4. The van der Waals surface area contributed by atoms with Gasteiger partial charge in [-0.25, -0.2) is 0 Å². The number of nitrogens with one attached hydrogen (secondary N) is 1. The molecule has 88 valence electrons. The number of hydrogen-bond donors (Lipinski definition) is 2. The number of benzene rings is 1. The van der Waals surface area contributed by atoms with Crippen molar-refractivity contribution in [2.75, 3.05) is 23.9 Å². The number of nitrogens with zero attached hydrogens (tertiary/aromatic N) is 1. The van der Waals surface area contributed by atoms with Crippen LogP contribution in [-0.4, -0.2) is 28.7 Å². The predicted molar refractivity (Wildman–Crippen MR) is 70.1 cm³/mol. The highest BCUT2D eigenvalue weighted by Gasteiger charge is 1.94. The van der Waals surface area contributed by atoms with Gasteiger partial charge in [0.2, 0.25) is 0 Å². The molecule has 3 N–H and O–H groups in total. The van der Waals surface area contributed by atoms with Crippen LogP contribution in [0.4, 0.5) is 5.69 Å². The van der Waals surface area contributed by atoms with Gasteiger partial charge in [-0.1, -0.05) is 18.2 Å². The quantitative estimate of drug-likeness (QED) is 0.460. The van der Waals surface area contributed by atoms with Crippen LogP contribution in [0.2, 0.25) is 0 Å². The minimum absolute atomic E-state index is 0.396. The third-order valence-corrected chi connectivity index (χ3v) is 2.78. The van der Waals surface area contributed by atoms with Crippen LogP contribution >= 0.6 is 0 Å². The molecule has 0 radical (unpaired) electrons. The Labute approximate surface area is 98.4 Å². The van der Waals surface area contributed by atoms with Crippen molar-refractivity contribution >= 4 is 22.4 Å². The van der Waals surface area contributed by atoms with Crippen molar-refractivity contribution in [1.29, 1.82) is 0 Å². The van der Waals surface area contributed by atoms with Crippen LogP contribution < -0.4 is 11.1 Å². The molecule has 0 bridgehead atoms. The van der Waals surface area contributed by atoms with E-state index in [1.807, 2.05) is 30.3 Å². The highest BCUT2D eigenvalue weighted by atomic mass is 32.2. The van der Waals surface area contributed by atoms with Crippen molar-refractivity contribution in [3.8, 4) is 0 Å². The summed E-state index contributed by atoms with van der Waals surface area (Å²) in [5.41, 5.74) is 6.60. The van der Waals surface area contributed by atoms with Gasteiger partial charge in [-0.3, -0.25) is 9.20 Å². The Hall–Kier alpha value is -1.36. The van der Waals surface area contributed by atoms with Gasteiger partial charge in [0.05, 0.1) is 0 Å². The summed E-state index contributed by atoms with van der Waals surface area (Å²) in [6.07, 6.45) is 2.48. The maximum atomic E-state index is 10.8. The summed E-state index contributed by atoms with van der Waals surface area (Å²) in [7, 11) is -0.749. The lowest BCUT2D eigenvalue weighted by atomic mass is 10.3. The van der Waals surface area contributed by atoms with Crippen molar-refractivity contribution in [3.63, 3.8) is 0 Å². The van der Waals surface area contributed by atoms with Gasteiger partial charge in [-0.2, -0.15) is 0 Å². The van der Waals surface area contributed by atoms with Crippen molar-refractivity contribution in [2.24, 2.45) is 10.7 Å². The Morgan fingerprint density at radius 2 is 2.12 bits per heavy atom. The van der Waals surface area contributed by atoms with Crippen molar-refractivity contribution in [3.05, 3.63) is 30.3 Å². The van der Waals surface area contributed by atoms with Crippen LogP contribution in [0.3, 0.4) is 0 Å². The van der Waals surface area contributed by atoms with E-state index >= 15 is 0 Å². The molecule has 16 heavy (non-hydrogen) atoms. The minimum Gasteiger partial charge on any atom is -0.370 e. The fraction of sp³-hybridized carbons (Fsp3) is 0.364. The monoisotopic (exact) mass is 239 g/mol. The van der Waals surface area contributed by atoms with Gasteiger partial charge in [-0.05, 0) is 18.6 Å². The van der Waals surface area contributed by atoms with Crippen molar-refractivity contribution in [1.82, 2.24) is 0 Å². The van der Waals surface area contributed by atoms with E-state index in [1.54, 1.807) is 6.26 Å². The predicted octanol–water partition coefficient (Wildman–Crippen LogP) is 1.18. The summed E-state index contributed by atoms with van der Waals surface area (Å²) in [4.78, 5) is 4.14. The van der Waals surface area contributed by atoms with Gasteiger partial charge in [0, 0.05) is 35.0 Å². The molecular formula is C11H17N3OS. The van der Waals surface area contributed by atoms with Gasteiger partial charge in [0.25, 0.3) is 0 Å². The summed E-state index contributed by atoms with van der Waals surface area (Å²) in [6.45, 7) is 0.602. The highest BCUT2D eigenvalue weighted by molar-refractivity contribution is 7.84. The second-order valence-corrected chi connectivity index (χ2v) is 4.94. The third kappa shape index (κ3) is 5.50. The third-order valence-electron chi connectivity index (χ3n) is 1.92. The lowest BCUT2D eigenvalue weighted by Crippen LogP contribution is -2.22. The summed E-state index contributed by atoms with van der Waals surface area (Å²) >= 11 is 0. The van der Waals surface area contributed by atoms with E-state index in [4.69, 9.17) is 5.73 Å². The summed E-state index contributed by atoms with van der Waals surface area (Å²) < 4.78 is 10.8. The highest BCUT2D eigenvalue weighted by Crippen LogP contribution is 2.03. The van der Waals surface area contributed by atoms with Crippen LogP contribution in [-0.2, 0) is 10.8 Å². The first-order valence-corrected chi connectivity index (χ1v) is 6.83. The SMILES string of the molecule is CS(=O)CCCN=C(N)Nc1ccccc1. The molecule has 1 unspecified atom stereocenters. The average molecular weight is 239 g/mol. The molecule has 0 aliphatic heterocycles. The summed E-state index contributed by atoms with van der Waals surface area (Å²) in [5.74, 6) is 1.07. The Morgan fingerprint density at radius 3 is 2.75 bits per heavy atom. The van der Waals surface area contributed by atoms with E-state index in [2.05, 4.69) is 10.3 Å². The summed E-state index contributed by atoms with van der Waals surface area (Å²) in [5, 5.41) is 2.98. The molecule has 1 aromatic carbocycles. The largest absolute Gasteiger partial charge is 0.370 e. The number of guanidine groups is 1. The zero-order chi connectivity index (χ0) is 11.8. The number of anilines is 1. The Morgan fingerprint density at radius 1 is 1.44 bits per heavy atom. The standard InChI is InChI=1S/C11H17N3OS/c1-16(15)9-5-8-13-11(12)14-10-6-3-2-4-7-10/h2-4,6-7H,5,8-9H2,1H3,(H3,12,13,14). The first-order chi connectivity index (χ1) is 7.68. The van der Waals surface area contributed by atoms with Crippen molar-refractivity contribution < 1.29 is 4.21 Å². The molecule has 0 amide bonds. The first kappa shape index (κ1) is 12.7. The average Bonchev–Trinajstić information content (AvgIpc) is 2.25. The number of hydrogen-bond acceptors (Lipinski definition) is 2. The van der Waals surface area contributed by atoms with Crippen molar-refractivity contribution in [2.45, 2.75) is 6.42 Å². The van der Waals surface area contributed by atoms with Gasteiger partial charge >= 0.3 is 0 Å². The molecule has 5 heteroatoms. The molecule has 1 aromatic rings. The van der Waals surface area contributed by atoms with Crippen LogP contribution in [0, 0.1) is 0 Å². The van der Waals surface area contributed by atoms with E-state index in [0.717, 1.165) is 12.1 Å². The zero-order valence-electron chi connectivity index (χ0n) is 9.35. The molecule has 1 rings (SSSR count). The fourth-order valence-corrected chi connectivity index (χ4v) is 1.71. The van der Waals surface area contributed by atoms with Crippen LogP contribution in [0.15, 0.2) is 35.3 Å². The molecule has 0 aliphatic rings. The van der Waals surface area contributed by atoms with E-state index in [1.165, 1.54) is 0 Å². The Kier molecular flexibility index (Phi) is 5.56. The number of rotatable bonds is 5. The Balaban J connectivity index is 2.32. The van der Waals surface area contributed by atoms with Gasteiger partial charge in [-0.15, -0.1) is 0 Å². The molecule has 0 saturated heterocycles. The second-order valence-electron chi connectivity index (χ2n) is 3.39. The molecule has 0 fully saturated rings. The van der Waals surface area contributed by atoms with E-state index in [0.29, 0.717) is 18.3 Å². The number of aliphatic imine (C=N–C) groups is 1. The van der Waals surface area contributed by atoms with E-state index < -0.39 is 10.8 Å². The topological polar surface area (TPSA) is 67.5 Å². The minimum atomic E-state index is -0.749. The zero-order valence-corrected chi connectivity index (χ0v) is 10.2. The molecule has 4 nitrogen and oxygen atoms in total.